The van der Waals surface area contributed by atoms with Crippen molar-refractivity contribution in [3.05, 3.63) is 40.2 Å². The van der Waals surface area contributed by atoms with E-state index in [2.05, 4.69) is 0 Å². The van der Waals surface area contributed by atoms with Crippen molar-refractivity contribution in [2.24, 2.45) is 0 Å². The third-order valence-corrected chi connectivity index (χ3v) is 7.22. The predicted molar refractivity (Wildman–Crippen MR) is 116 cm³/mol. The van der Waals surface area contributed by atoms with Gasteiger partial charge in [-0.15, -0.1) is 23.5 Å². The second-order valence-electron chi connectivity index (χ2n) is 6.99. The van der Waals surface area contributed by atoms with Gasteiger partial charge in [0.2, 0.25) is 0 Å². The fourth-order valence-electron chi connectivity index (χ4n) is 3.27. The largest absolute Gasteiger partial charge is 0.461 e. The summed E-state index contributed by atoms with van der Waals surface area (Å²) in [5.74, 6) is -0.775. The first-order valence-electron chi connectivity index (χ1n) is 9.48. The van der Waals surface area contributed by atoms with Crippen LogP contribution in [-0.2, 0) is 28.6 Å². The van der Waals surface area contributed by atoms with E-state index in [1.165, 1.54) is 50.4 Å². The average molecular weight is 467 g/mol. The fourth-order valence-corrected chi connectivity index (χ4v) is 6.09. The highest BCUT2D eigenvalue weighted by atomic mass is 32.2. The van der Waals surface area contributed by atoms with Crippen molar-refractivity contribution in [2.75, 3.05) is 5.75 Å². The Morgan fingerprint density at radius 1 is 1.00 bits per heavy atom. The molecular formula is C21H22O8S2. The highest BCUT2D eigenvalue weighted by Crippen LogP contribution is 2.42. The lowest BCUT2D eigenvalue weighted by molar-refractivity contribution is -0.180. The van der Waals surface area contributed by atoms with Crippen LogP contribution in [0.5, 0.6) is 0 Å². The average Bonchev–Trinajstić information content (AvgIpc) is 2.64. The van der Waals surface area contributed by atoms with Gasteiger partial charge >= 0.3 is 17.9 Å². The summed E-state index contributed by atoms with van der Waals surface area (Å²) in [6.07, 6.45) is -2.54. The topological polar surface area (TPSA) is 109 Å². The van der Waals surface area contributed by atoms with E-state index in [1.54, 1.807) is 25.1 Å². The van der Waals surface area contributed by atoms with Gasteiger partial charge in [-0.25, -0.2) is 0 Å². The number of rotatable bonds is 5. The van der Waals surface area contributed by atoms with Gasteiger partial charge in [0.15, 0.2) is 23.7 Å². The van der Waals surface area contributed by atoms with Gasteiger partial charge in [-0.1, -0.05) is 0 Å². The van der Waals surface area contributed by atoms with Gasteiger partial charge in [-0.2, -0.15) is 0 Å². The molecule has 3 rings (SSSR count). The highest BCUT2D eigenvalue weighted by Gasteiger charge is 2.46. The van der Waals surface area contributed by atoms with Crippen LogP contribution in [0.4, 0.5) is 0 Å². The van der Waals surface area contributed by atoms with Gasteiger partial charge in [-0.3, -0.25) is 19.2 Å². The van der Waals surface area contributed by atoms with E-state index in [0.29, 0.717) is 22.5 Å². The van der Waals surface area contributed by atoms with Gasteiger partial charge in [0.1, 0.15) is 11.3 Å². The summed E-state index contributed by atoms with van der Waals surface area (Å²) in [7, 11) is 0. The molecule has 0 bridgehead atoms. The van der Waals surface area contributed by atoms with Gasteiger partial charge in [0.25, 0.3) is 0 Å². The fraction of sp³-hybridized carbons (Fsp3) is 0.429. The molecule has 8 nitrogen and oxygen atoms in total. The molecule has 1 aromatic heterocycles. The van der Waals surface area contributed by atoms with E-state index in [1.807, 2.05) is 0 Å². The zero-order chi connectivity index (χ0) is 22.7. The molecule has 166 valence electrons. The van der Waals surface area contributed by atoms with Crippen molar-refractivity contribution in [1.29, 1.82) is 0 Å². The molecule has 0 aliphatic carbocycles. The standard InChI is InChI=1S/C21H22O8S2/c1-10-7-16(25)15-6-5-14(8-17(15)26-10)31-21-20(29-13(4)24)19(28-12(3)23)18(9-30-21)27-11(2)22/h5-8,18-21H,9H2,1-4H3/t18-,19+,20-,21+/m1/s1. The van der Waals surface area contributed by atoms with Crippen LogP contribution in [0.3, 0.4) is 0 Å². The summed E-state index contributed by atoms with van der Waals surface area (Å²) in [4.78, 5) is 47.9. The third-order valence-electron chi connectivity index (χ3n) is 4.38. The van der Waals surface area contributed by atoms with Crippen molar-refractivity contribution in [3.8, 4) is 0 Å². The summed E-state index contributed by atoms with van der Waals surface area (Å²) in [5.41, 5.74) is 0.327. The molecule has 2 aromatic rings. The second-order valence-corrected chi connectivity index (χ2v) is 9.68. The van der Waals surface area contributed by atoms with Crippen molar-refractivity contribution >= 4 is 52.4 Å². The summed E-state index contributed by atoms with van der Waals surface area (Å²) in [5, 5.41) is 0.468. The van der Waals surface area contributed by atoms with Crippen LogP contribution in [0.25, 0.3) is 11.0 Å². The Labute approximate surface area is 187 Å². The smallest absolute Gasteiger partial charge is 0.303 e. The molecule has 31 heavy (non-hydrogen) atoms. The van der Waals surface area contributed by atoms with Crippen LogP contribution in [0.15, 0.2) is 38.4 Å². The van der Waals surface area contributed by atoms with Crippen LogP contribution in [0.1, 0.15) is 26.5 Å². The lowest BCUT2D eigenvalue weighted by Crippen LogP contribution is -2.53. The molecule has 4 atom stereocenters. The minimum absolute atomic E-state index is 0.126. The Morgan fingerprint density at radius 3 is 2.29 bits per heavy atom. The van der Waals surface area contributed by atoms with Crippen LogP contribution >= 0.6 is 23.5 Å². The quantitative estimate of drug-likeness (QED) is 0.482. The van der Waals surface area contributed by atoms with Crippen LogP contribution in [0.2, 0.25) is 0 Å². The molecule has 0 radical (unpaired) electrons. The number of aryl methyl sites for hydroxylation is 1. The normalized spacial score (nSPS) is 23.2. The molecule has 0 unspecified atom stereocenters. The molecule has 0 N–H and O–H groups in total. The molecule has 0 amide bonds. The number of fused-ring (bicyclic) bond motifs is 1. The molecule has 0 saturated carbocycles. The third kappa shape index (κ3) is 5.82. The van der Waals surface area contributed by atoms with Gasteiger partial charge < -0.3 is 18.6 Å². The maximum Gasteiger partial charge on any atom is 0.303 e. The number of thioether (sulfide) groups is 2. The van der Waals surface area contributed by atoms with E-state index >= 15 is 0 Å². The molecule has 0 spiro atoms. The Bertz CT molecular complexity index is 1060. The monoisotopic (exact) mass is 466 g/mol. The molecule has 1 fully saturated rings. The molecule has 1 aliphatic heterocycles. The molecule has 1 aliphatic rings. The van der Waals surface area contributed by atoms with E-state index in [9.17, 15) is 19.2 Å². The van der Waals surface area contributed by atoms with Crippen LogP contribution in [-0.4, -0.2) is 46.6 Å². The number of hydrogen-bond acceptors (Lipinski definition) is 10. The summed E-state index contributed by atoms with van der Waals surface area (Å²) in [6, 6.07) is 6.65. The summed E-state index contributed by atoms with van der Waals surface area (Å²) in [6.45, 7) is 5.47. The zero-order valence-electron chi connectivity index (χ0n) is 17.4. The number of benzene rings is 1. The minimum Gasteiger partial charge on any atom is -0.461 e. The van der Waals surface area contributed by atoms with Gasteiger partial charge in [0, 0.05) is 37.5 Å². The van der Waals surface area contributed by atoms with Crippen molar-refractivity contribution in [3.63, 3.8) is 0 Å². The van der Waals surface area contributed by atoms with Gasteiger partial charge in [-0.05, 0) is 25.1 Å². The van der Waals surface area contributed by atoms with Gasteiger partial charge in [0.05, 0.1) is 9.97 Å². The SMILES string of the molecule is CC(=O)O[C@@H]1[C@@H](OC(C)=O)[C@H](Sc2ccc3c(=O)cc(C)oc3c2)SC[C@H]1OC(C)=O. The zero-order valence-corrected chi connectivity index (χ0v) is 19.0. The maximum absolute atomic E-state index is 12.1. The molecular weight excluding hydrogens is 444 g/mol. The molecule has 1 saturated heterocycles. The van der Waals surface area contributed by atoms with Crippen LogP contribution in [0, 0.1) is 6.92 Å². The number of esters is 3. The Morgan fingerprint density at radius 2 is 1.65 bits per heavy atom. The predicted octanol–water partition coefficient (Wildman–Crippen LogP) is 3.06. The summed E-state index contributed by atoms with van der Waals surface area (Å²) < 4.78 is 21.5. The Hall–Kier alpha value is -2.46. The first-order chi connectivity index (χ1) is 14.6. The van der Waals surface area contributed by atoms with E-state index in [-0.39, 0.29) is 10.0 Å². The number of hydrogen-bond donors (Lipinski definition) is 0. The minimum atomic E-state index is -0.940. The first-order valence-corrected chi connectivity index (χ1v) is 11.4. The Balaban J connectivity index is 1.92. The number of ether oxygens (including phenoxy) is 3. The van der Waals surface area contributed by atoms with Crippen LogP contribution < -0.4 is 5.43 Å². The van der Waals surface area contributed by atoms with E-state index in [0.717, 1.165) is 4.90 Å². The molecule has 2 heterocycles. The maximum atomic E-state index is 12.1. The molecule has 1 aromatic carbocycles. The molecule has 10 heteroatoms. The van der Waals surface area contributed by atoms with Crippen molar-refractivity contribution in [2.45, 2.75) is 55.5 Å². The Kier molecular flexibility index (Phi) is 7.32. The lowest BCUT2D eigenvalue weighted by atomic mass is 10.1. The first kappa shape index (κ1) is 23.2. The number of carbonyl (C=O) groups is 3. The van der Waals surface area contributed by atoms with E-state index in [4.69, 9.17) is 18.6 Å². The summed E-state index contributed by atoms with van der Waals surface area (Å²) >= 11 is 2.81. The van der Waals surface area contributed by atoms with Crippen molar-refractivity contribution < 1.29 is 33.0 Å². The lowest BCUT2D eigenvalue weighted by Gasteiger charge is -2.39. The van der Waals surface area contributed by atoms with Crippen molar-refractivity contribution in [1.82, 2.24) is 0 Å². The second kappa shape index (κ2) is 9.78. The number of carbonyl (C=O) groups excluding carboxylic acids is 3. The van der Waals surface area contributed by atoms with E-state index < -0.39 is 36.2 Å². The highest BCUT2D eigenvalue weighted by molar-refractivity contribution is 8.17.